The molecule has 3 amide bonds. The molecule has 3 aliphatic carbocycles. The number of halogens is 2. The van der Waals surface area contributed by atoms with Crippen molar-refractivity contribution in [3.8, 4) is 0 Å². The standard InChI is InChI=1S/C23H15Cl2N3O3S/c24-22-12-5-1-2-6-13(12)23(25,15-8-4-3-7-14(15)22)18-17(22)19(30)28(20(18)31)11-16(29)27-21-26-9-10-32-21/h1-10,17-18H,11H2,(H,26,27,29)/t17-,18-,22?,23?/m0/s1. The third-order valence-electron chi connectivity index (χ3n) is 6.66. The van der Waals surface area contributed by atoms with Gasteiger partial charge in [-0.3, -0.25) is 19.3 Å². The van der Waals surface area contributed by atoms with E-state index in [4.69, 9.17) is 23.2 Å². The molecule has 1 fully saturated rings. The van der Waals surface area contributed by atoms with Crippen LogP contribution in [0.15, 0.2) is 60.1 Å². The van der Waals surface area contributed by atoms with Crippen LogP contribution in [0, 0.1) is 11.8 Å². The summed E-state index contributed by atoms with van der Waals surface area (Å²) in [5, 5.41) is 4.74. The van der Waals surface area contributed by atoms with Crippen molar-refractivity contribution in [2.24, 2.45) is 11.8 Å². The third-order valence-corrected chi connectivity index (χ3v) is 8.63. The van der Waals surface area contributed by atoms with Crippen LogP contribution in [0.3, 0.4) is 0 Å². The molecule has 160 valence electrons. The summed E-state index contributed by atoms with van der Waals surface area (Å²) in [5.41, 5.74) is 2.91. The zero-order chi connectivity index (χ0) is 22.3. The summed E-state index contributed by atoms with van der Waals surface area (Å²) in [6.45, 7) is -0.420. The van der Waals surface area contributed by atoms with E-state index >= 15 is 0 Å². The number of thiazole rings is 1. The molecule has 6 nitrogen and oxygen atoms in total. The maximum Gasteiger partial charge on any atom is 0.246 e. The summed E-state index contributed by atoms with van der Waals surface area (Å²) in [4.78, 5) is 42.3. The molecule has 7 rings (SSSR count). The highest BCUT2D eigenvalue weighted by atomic mass is 35.5. The van der Waals surface area contributed by atoms with Gasteiger partial charge in [0.25, 0.3) is 0 Å². The van der Waals surface area contributed by atoms with Crippen LogP contribution >= 0.6 is 34.5 Å². The maximum absolute atomic E-state index is 13.6. The summed E-state index contributed by atoms with van der Waals surface area (Å²) in [6.07, 6.45) is 1.56. The third kappa shape index (κ3) is 2.31. The number of nitrogens with zero attached hydrogens (tertiary/aromatic N) is 2. The van der Waals surface area contributed by atoms with Gasteiger partial charge in [0.2, 0.25) is 17.7 Å². The molecular weight excluding hydrogens is 469 g/mol. The van der Waals surface area contributed by atoms with Crippen LogP contribution in [0.4, 0.5) is 5.13 Å². The molecule has 0 radical (unpaired) electrons. The Hall–Kier alpha value is -2.74. The predicted octanol–water partition coefficient (Wildman–Crippen LogP) is 3.67. The average Bonchev–Trinajstić information content (AvgIpc) is 3.39. The number of carbonyl (C=O) groups is 3. The fourth-order valence-electron chi connectivity index (χ4n) is 5.47. The monoisotopic (exact) mass is 483 g/mol. The zero-order valence-electron chi connectivity index (χ0n) is 16.4. The van der Waals surface area contributed by atoms with Crippen molar-refractivity contribution in [2.75, 3.05) is 11.9 Å². The lowest BCUT2D eigenvalue weighted by atomic mass is 9.54. The normalized spacial score (nSPS) is 29.5. The molecule has 2 heterocycles. The number of imide groups is 1. The molecule has 1 aliphatic heterocycles. The van der Waals surface area contributed by atoms with Crippen molar-refractivity contribution in [3.63, 3.8) is 0 Å². The molecule has 0 spiro atoms. The predicted molar refractivity (Wildman–Crippen MR) is 121 cm³/mol. The van der Waals surface area contributed by atoms with Crippen LogP contribution < -0.4 is 5.32 Å². The fraction of sp³-hybridized carbons (Fsp3) is 0.217. The van der Waals surface area contributed by atoms with Gasteiger partial charge in [-0.05, 0) is 22.3 Å². The number of hydrogen-bond acceptors (Lipinski definition) is 5. The number of carbonyl (C=O) groups excluding carboxylic acids is 3. The molecule has 0 saturated carbocycles. The maximum atomic E-state index is 13.6. The molecular formula is C23H15Cl2N3O3S. The van der Waals surface area contributed by atoms with Gasteiger partial charge in [0.05, 0.1) is 11.8 Å². The molecule has 4 aliphatic rings. The number of anilines is 1. The van der Waals surface area contributed by atoms with Gasteiger partial charge in [0, 0.05) is 11.6 Å². The highest BCUT2D eigenvalue weighted by Crippen LogP contribution is 2.69. The second kappa shape index (κ2) is 6.63. The van der Waals surface area contributed by atoms with Crippen molar-refractivity contribution in [2.45, 2.75) is 9.75 Å². The number of aromatic nitrogens is 1. The molecule has 1 aromatic heterocycles. The number of nitrogens with one attached hydrogen (secondary N) is 1. The minimum atomic E-state index is -1.25. The Labute approximate surface area is 197 Å². The Morgan fingerprint density at radius 3 is 1.81 bits per heavy atom. The average molecular weight is 484 g/mol. The van der Waals surface area contributed by atoms with Gasteiger partial charge < -0.3 is 5.32 Å². The Morgan fingerprint density at radius 2 is 1.41 bits per heavy atom. The van der Waals surface area contributed by atoms with Gasteiger partial charge in [-0.25, -0.2) is 4.98 Å². The summed E-state index contributed by atoms with van der Waals surface area (Å²) < 4.78 is 0. The molecule has 2 bridgehead atoms. The molecule has 9 heteroatoms. The number of likely N-dealkylation sites (tertiary alicyclic amines) is 1. The van der Waals surface area contributed by atoms with Crippen molar-refractivity contribution >= 4 is 57.4 Å². The number of benzene rings is 2. The van der Waals surface area contributed by atoms with E-state index in [0.29, 0.717) is 5.13 Å². The summed E-state index contributed by atoms with van der Waals surface area (Å²) >= 11 is 15.9. The van der Waals surface area contributed by atoms with Crippen LogP contribution in [-0.2, 0) is 24.1 Å². The second-order valence-electron chi connectivity index (χ2n) is 8.12. The van der Waals surface area contributed by atoms with Crippen LogP contribution in [0.25, 0.3) is 0 Å². The van der Waals surface area contributed by atoms with E-state index in [2.05, 4.69) is 10.3 Å². The largest absolute Gasteiger partial charge is 0.300 e. The minimum Gasteiger partial charge on any atom is -0.300 e. The Morgan fingerprint density at radius 1 is 0.938 bits per heavy atom. The van der Waals surface area contributed by atoms with Crippen LogP contribution in [0.2, 0.25) is 0 Å². The first-order chi connectivity index (χ1) is 15.4. The Bertz CT molecular complexity index is 1190. The molecule has 1 N–H and O–H groups in total. The topological polar surface area (TPSA) is 79.4 Å². The van der Waals surface area contributed by atoms with Gasteiger partial charge in [-0.1, -0.05) is 48.5 Å². The summed E-state index contributed by atoms with van der Waals surface area (Å²) in [7, 11) is 0. The smallest absolute Gasteiger partial charge is 0.246 e. The number of hydrogen-bond donors (Lipinski definition) is 1. The van der Waals surface area contributed by atoms with Gasteiger partial charge >= 0.3 is 0 Å². The minimum absolute atomic E-state index is 0.397. The number of alkyl halides is 2. The van der Waals surface area contributed by atoms with Gasteiger partial charge in [-0.2, -0.15) is 0 Å². The van der Waals surface area contributed by atoms with E-state index in [1.54, 1.807) is 11.6 Å². The van der Waals surface area contributed by atoms with Crippen molar-refractivity contribution in [3.05, 3.63) is 82.4 Å². The molecule has 2 aromatic carbocycles. The van der Waals surface area contributed by atoms with E-state index in [0.717, 1.165) is 27.2 Å². The quantitative estimate of drug-likeness (QED) is 0.455. The molecule has 3 aromatic rings. The molecule has 32 heavy (non-hydrogen) atoms. The summed E-state index contributed by atoms with van der Waals surface area (Å²) in [5.74, 6) is -3.30. The Balaban J connectivity index is 1.48. The Kier molecular flexibility index (Phi) is 4.13. The molecule has 0 unspecified atom stereocenters. The summed E-state index contributed by atoms with van der Waals surface area (Å²) in [6, 6.07) is 14.8. The lowest BCUT2D eigenvalue weighted by Crippen LogP contribution is -2.57. The lowest BCUT2D eigenvalue weighted by Gasteiger charge is -2.54. The van der Waals surface area contributed by atoms with Gasteiger partial charge in [-0.15, -0.1) is 34.5 Å². The van der Waals surface area contributed by atoms with E-state index in [9.17, 15) is 14.4 Å². The molecule has 1 saturated heterocycles. The van der Waals surface area contributed by atoms with Crippen molar-refractivity contribution in [1.29, 1.82) is 0 Å². The molecule has 2 atom stereocenters. The fourth-order valence-corrected chi connectivity index (χ4v) is 7.11. The number of rotatable bonds is 3. The first kappa shape index (κ1) is 19.9. The van der Waals surface area contributed by atoms with Crippen LogP contribution in [-0.4, -0.2) is 34.2 Å². The van der Waals surface area contributed by atoms with E-state index in [1.165, 1.54) is 11.3 Å². The van der Waals surface area contributed by atoms with E-state index < -0.39 is 45.9 Å². The number of amides is 3. The van der Waals surface area contributed by atoms with Gasteiger partial charge in [0.15, 0.2) is 5.13 Å². The zero-order valence-corrected chi connectivity index (χ0v) is 18.7. The lowest BCUT2D eigenvalue weighted by molar-refractivity contribution is -0.142. The van der Waals surface area contributed by atoms with E-state index in [-0.39, 0.29) is 0 Å². The van der Waals surface area contributed by atoms with Crippen molar-refractivity contribution < 1.29 is 14.4 Å². The first-order valence-electron chi connectivity index (χ1n) is 10.0. The van der Waals surface area contributed by atoms with Crippen LogP contribution in [0.1, 0.15) is 22.3 Å². The second-order valence-corrected chi connectivity index (χ2v) is 10.2. The van der Waals surface area contributed by atoms with Gasteiger partial charge in [0.1, 0.15) is 16.3 Å². The highest BCUT2D eigenvalue weighted by Gasteiger charge is 2.73. The van der Waals surface area contributed by atoms with Crippen molar-refractivity contribution in [1.82, 2.24) is 9.88 Å². The van der Waals surface area contributed by atoms with Crippen LogP contribution in [0.5, 0.6) is 0 Å². The highest BCUT2D eigenvalue weighted by molar-refractivity contribution is 7.13. The SMILES string of the molecule is O=C(CN1C(=O)[C@@H]2[C@@H](C1=O)C1(Cl)c3ccccc3C2(Cl)c2ccccc21)Nc1nccs1. The first-order valence-corrected chi connectivity index (χ1v) is 11.6. The van der Waals surface area contributed by atoms with E-state index in [1.807, 2.05) is 48.5 Å².